The van der Waals surface area contributed by atoms with Gasteiger partial charge in [-0.3, -0.25) is 4.79 Å². The third-order valence-corrected chi connectivity index (χ3v) is 9.92. The lowest BCUT2D eigenvalue weighted by molar-refractivity contribution is -0.123. The molecule has 0 aromatic heterocycles. The lowest BCUT2D eigenvalue weighted by atomic mass is 10.0. The first-order valence-corrected chi connectivity index (χ1v) is 22.7. The van der Waals surface area contributed by atoms with E-state index >= 15 is 0 Å². The van der Waals surface area contributed by atoms with E-state index in [-0.39, 0.29) is 12.5 Å². The number of hydrogen-bond donors (Lipinski definition) is 3. The zero-order valence-corrected chi connectivity index (χ0v) is 35.0. The van der Waals surface area contributed by atoms with Crippen LogP contribution in [0.5, 0.6) is 0 Å². The Labute approximate surface area is 329 Å². The summed E-state index contributed by atoms with van der Waals surface area (Å²) in [6.07, 6.45) is 63.2. The molecular weight excluding hydrogens is 651 g/mol. The maximum atomic E-state index is 12.3. The zero-order valence-electron chi connectivity index (χ0n) is 35.0. The predicted octanol–water partition coefficient (Wildman–Crippen LogP) is 14.3. The molecule has 2 atom stereocenters. The van der Waals surface area contributed by atoms with Crippen LogP contribution >= 0.6 is 0 Å². The van der Waals surface area contributed by atoms with Crippen LogP contribution in [0.25, 0.3) is 0 Å². The van der Waals surface area contributed by atoms with Crippen LogP contribution in [0.4, 0.5) is 0 Å². The van der Waals surface area contributed by atoms with Gasteiger partial charge in [0.05, 0.1) is 18.8 Å². The molecule has 0 aliphatic rings. The third-order valence-electron chi connectivity index (χ3n) is 9.92. The number of carbonyl (C=O) groups excluding carboxylic acids is 1. The van der Waals surface area contributed by atoms with Gasteiger partial charge in [0.2, 0.25) is 5.91 Å². The van der Waals surface area contributed by atoms with Crippen molar-refractivity contribution >= 4 is 5.91 Å². The molecule has 53 heavy (non-hydrogen) atoms. The molecule has 306 valence electrons. The summed E-state index contributed by atoms with van der Waals surface area (Å²) in [5, 5.41) is 22.9. The number of carbonyl (C=O) groups is 1. The molecule has 0 aliphatic carbocycles. The van der Waals surface area contributed by atoms with Crippen molar-refractivity contribution in [3.05, 3.63) is 72.9 Å². The quantitative estimate of drug-likeness (QED) is 0.0433. The minimum absolute atomic E-state index is 0.116. The van der Waals surface area contributed by atoms with Gasteiger partial charge in [-0.25, -0.2) is 0 Å². The SMILES string of the molecule is CC/C=C\C/C=C\C/C=C\C/C=C\CCCCC(=O)NC(CO)C(O)/C=C/CC/C=C/CCCCCCCCCCCCCCCCCCCCCC. The molecule has 2 unspecified atom stereocenters. The van der Waals surface area contributed by atoms with Crippen molar-refractivity contribution in [2.24, 2.45) is 0 Å². The summed E-state index contributed by atoms with van der Waals surface area (Å²) in [6, 6.07) is -0.664. The second kappa shape index (κ2) is 44.2. The Balaban J connectivity index is 3.63. The van der Waals surface area contributed by atoms with Crippen molar-refractivity contribution in [3.63, 3.8) is 0 Å². The lowest BCUT2D eigenvalue weighted by Crippen LogP contribution is -2.45. The number of amides is 1. The molecule has 1 amide bonds. The minimum Gasteiger partial charge on any atom is -0.394 e. The number of aliphatic hydroxyl groups excluding tert-OH is 2. The van der Waals surface area contributed by atoms with E-state index in [0.29, 0.717) is 6.42 Å². The highest BCUT2D eigenvalue weighted by molar-refractivity contribution is 5.76. The average Bonchev–Trinajstić information content (AvgIpc) is 3.16. The number of nitrogens with one attached hydrogen (secondary N) is 1. The minimum atomic E-state index is -0.883. The predicted molar refractivity (Wildman–Crippen MR) is 234 cm³/mol. The molecule has 0 aliphatic heterocycles. The van der Waals surface area contributed by atoms with Crippen molar-refractivity contribution < 1.29 is 15.0 Å². The van der Waals surface area contributed by atoms with Crippen LogP contribution in [0.3, 0.4) is 0 Å². The smallest absolute Gasteiger partial charge is 0.220 e. The fraction of sp³-hybridized carbons (Fsp3) is 0.735. The number of allylic oxidation sites excluding steroid dienone is 11. The molecule has 0 spiro atoms. The van der Waals surface area contributed by atoms with Crippen molar-refractivity contribution in [2.75, 3.05) is 6.61 Å². The summed E-state index contributed by atoms with van der Waals surface area (Å²) in [6.45, 7) is 4.16. The first-order chi connectivity index (χ1) is 26.2. The van der Waals surface area contributed by atoms with E-state index in [2.05, 4.69) is 79.9 Å². The Kier molecular flexibility index (Phi) is 42.4. The van der Waals surface area contributed by atoms with Crippen LogP contribution in [-0.2, 0) is 4.79 Å². The summed E-state index contributed by atoms with van der Waals surface area (Å²) in [5.74, 6) is -0.116. The van der Waals surface area contributed by atoms with Gasteiger partial charge in [0.1, 0.15) is 0 Å². The Morgan fingerprint density at radius 2 is 0.849 bits per heavy atom. The molecule has 3 N–H and O–H groups in total. The molecule has 0 rings (SSSR count). The van der Waals surface area contributed by atoms with Crippen LogP contribution in [0.2, 0.25) is 0 Å². The number of aliphatic hydroxyl groups is 2. The number of rotatable bonds is 40. The summed E-state index contributed by atoms with van der Waals surface area (Å²) >= 11 is 0. The second-order valence-corrected chi connectivity index (χ2v) is 15.1. The normalized spacial score (nSPS) is 13.7. The Bertz CT molecular complexity index is 930. The Hall–Kier alpha value is -2.17. The van der Waals surface area contributed by atoms with Crippen LogP contribution in [0.1, 0.15) is 213 Å². The fourth-order valence-electron chi connectivity index (χ4n) is 6.48. The highest BCUT2D eigenvalue weighted by Gasteiger charge is 2.17. The Morgan fingerprint density at radius 1 is 0.472 bits per heavy atom. The maximum Gasteiger partial charge on any atom is 0.220 e. The zero-order chi connectivity index (χ0) is 38.6. The van der Waals surface area contributed by atoms with Gasteiger partial charge in [-0.15, -0.1) is 0 Å². The highest BCUT2D eigenvalue weighted by atomic mass is 16.3. The van der Waals surface area contributed by atoms with Crippen LogP contribution in [0, 0.1) is 0 Å². The van der Waals surface area contributed by atoms with Gasteiger partial charge in [-0.05, 0) is 70.6 Å². The van der Waals surface area contributed by atoms with Crippen molar-refractivity contribution in [1.82, 2.24) is 5.32 Å². The number of unbranched alkanes of at least 4 members (excludes halogenated alkanes) is 23. The molecule has 0 aromatic rings. The van der Waals surface area contributed by atoms with E-state index in [9.17, 15) is 15.0 Å². The number of hydrogen-bond acceptors (Lipinski definition) is 3. The summed E-state index contributed by atoms with van der Waals surface area (Å²) < 4.78 is 0. The molecule has 0 aromatic carbocycles. The van der Waals surface area contributed by atoms with Crippen molar-refractivity contribution in [1.29, 1.82) is 0 Å². The fourth-order valence-corrected chi connectivity index (χ4v) is 6.48. The van der Waals surface area contributed by atoms with Crippen molar-refractivity contribution in [2.45, 2.75) is 225 Å². The standard InChI is InChI=1S/C49H87NO3/c1-3-5-7-9-11-13-15-17-19-20-21-22-23-24-25-26-27-28-29-31-32-34-36-38-40-42-44-48(52)47(46-51)50-49(53)45-43-41-39-37-35-33-30-18-16-14-12-10-8-6-4-2/h6,8,12,14,18,30,34-37,42,44,47-48,51-52H,3-5,7,9-11,13,15-17,19-29,31-33,38-41,43,45-46H2,1-2H3,(H,50,53)/b8-6-,14-12-,30-18-,36-34+,37-35-,44-42+. The van der Waals surface area contributed by atoms with E-state index in [1.54, 1.807) is 6.08 Å². The van der Waals surface area contributed by atoms with E-state index in [1.165, 1.54) is 128 Å². The molecule has 0 bridgehead atoms. The summed E-state index contributed by atoms with van der Waals surface area (Å²) in [4.78, 5) is 12.3. The van der Waals surface area contributed by atoms with E-state index in [1.807, 2.05) is 6.08 Å². The van der Waals surface area contributed by atoms with Gasteiger partial charge in [0.15, 0.2) is 0 Å². The molecule has 0 fully saturated rings. The summed E-state index contributed by atoms with van der Waals surface area (Å²) in [5.41, 5.74) is 0. The van der Waals surface area contributed by atoms with E-state index < -0.39 is 12.1 Å². The van der Waals surface area contributed by atoms with Crippen LogP contribution < -0.4 is 5.32 Å². The molecule has 0 heterocycles. The average molecular weight is 738 g/mol. The molecule has 4 nitrogen and oxygen atoms in total. The largest absolute Gasteiger partial charge is 0.394 e. The maximum absolute atomic E-state index is 12.3. The second-order valence-electron chi connectivity index (χ2n) is 15.1. The van der Waals surface area contributed by atoms with Gasteiger partial charge in [-0.2, -0.15) is 0 Å². The van der Waals surface area contributed by atoms with Gasteiger partial charge in [-0.1, -0.05) is 209 Å². The first-order valence-electron chi connectivity index (χ1n) is 22.7. The molecule has 4 heteroatoms. The first kappa shape index (κ1) is 50.8. The Morgan fingerprint density at radius 3 is 1.32 bits per heavy atom. The molecule has 0 saturated heterocycles. The highest BCUT2D eigenvalue weighted by Crippen LogP contribution is 2.15. The van der Waals surface area contributed by atoms with Crippen LogP contribution in [-0.4, -0.2) is 34.9 Å². The lowest BCUT2D eigenvalue weighted by Gasteiger charge is -2.19. The van der Waals surface area contributed by atoms with Crippen LogP contribution in [0.15, 0.2) is 72.9 Å². The molecular formula is C49H87NO3. The summed E-state index contributed by atoms with van der Waals surface area (Å²) in [7, 11) is 0. The molecule has 0 radical (unpaired) electrons. The van der Waals surface area contributed by atoms with E-state index in [4.69, 9.17) is 0 Å². The van der Waals surface area contributed by atoms with Gasteiger partial charge in [0.25, 0.3) is 0 Å². The molecule has 0 saturated carbocycles. The third kappa shape index (κ3) is 40.8. The van der Waals surface area contributed by atoms with Gasteiger partial charge in [0, 0.05) is 6.42 Å². The monoisotopic (exact) mass is 738 g/mol. The topological polar surface area (TPSA) is 69.6 Å². The van der Waals surface area contributed by atoms with Gasteiger partial charge >= 0.3 is 0 Å². The van der Waals surface area contributed by atoms with E-state index in [0.717, 1.165) is 64.2 Å². The van der Waals surface area contributed by atoms with Crippen molar-refractivity contribution in [3.8, 4) is 0 Å². The van der Waals surface area contributed by atoms with Gasteiger partial charge < -0.3 is 15.5 Å².